The van der Waals surface area contributed by atoms with E-state index < -0.39 is 10.0 Å². The molecular formula is C18H27ClN4O4S2. The molecule has 162 valence electrons. The lowest BCUT2D eigenvalue weighted by Crippen LogP contribution is -2.40. The lowest BCUT2D eigenvalue weighted by Gasteiger charge is -2.31. The molecule has 1 aliphatic carbocycles. The minimum atomic E-state index is -3.46. The van der Waals surface area contributed by atoms with Gasteiger partial charge in [-0.25, -0.2) is 8.42 Å². The zero-order valence-electron chi connectivity index (χ0n) is 16.8. The van der Waals surface area contributed by atoms with Gasteiger partial charge in [-0.05, 0) is 37.8 Å². The number of carbonyl (C=O) groups is 2. The number of hydrogen-bond acceptors (Lipinski definition) is 5. The number of sulfonamides is 1. The van der Waals surface area contributed by atoms with Gasteiger partial charge in [0.1, 0.15) is 5.84 Å². The molecule has 2 N–H and O–H groups in total. The van der Waals surface area contributed by atoms with Gasteiger partial charge < -0.3 is 15.5 Å². The van der Waals surface area contributed by atoms with Crippen molar-refractivity contribution < 1.29 is 18.0 Å². The largest absolute Gasteiger partial charge is 0.365 e. The second-order valence-electron chi connectivity index (χ2n) is 7.28. The molecule has 29 heavy (non-hydrogen) atoms. The van der Waals surface area contributed by atoms with Crippen LogP contribution in [0.5, 0.6) is 0 Å². The maximum absolute atomic E-state index is 12.4. The molecule has 11 heteroatoms. The van der Waals surface area contributed by atoms with Gasteiger partial charge in [0.2, 0.25) is 5.91 Å². The van der Waals surface area contributed by atoms with Crippen LogP contribution in [0.15, 0.2) is 16.5 Å². The summed E-state index contributed by atoms with van der Waals surface area (Å²) in [4.78, 5) is 26.6. The number of nitrogens with one attached hydrogen (secondary N) is 2. The molecule has 0 bridgehead atoms. The third-order valence-electron chi connectivity index (χ3n) is 4.69. The van der Waals surface area contributed by atoms with Crippen LogP contribution in [0, 0.1) is 11.8 Å². The summed E-state index contributed by atoms with van der Waals surface area (Å²) >= 11 is 7.02. The molecule has 0 atom stereocenters. The van der Waals surface area contributed by atoms with Crippen molar-refractivity contribution in [1.29, 1.82) is 0 Å². The van der Waals surface area contributed by atoms with Crippen LogP contribution < -0.4 is 10.6 Å². The van der Waals surface area contributed by atoms with Crippen molar-refractivity contribution in [3.8, 4) is 0 Å². The highest BCUT2D eigenvalue weighted by atomic mass is 35.5. The fraction of sp³-hybridized carbons (Fsp3) is 0.611. The smallest absolute Gasteiger partial charge is 0.261 e. The normalized spacial score (nSPS) is 20.2. The average Bonchev–Trinajstić information content (AvgIpc) is 3.08. The van der Waals surface area contributed by atoms with Gasteiger partial charge in [-0.15, -0.1) is 11.3 Å². The van der Waals surface area contributed by atoms with Crippen molar-refractivity contribution in [2.75, 3.05) is 33.4 Å². The minimum Gasteiger partial charge on any atom is -0.365 e. The number of rotatable bonds is 7. The number of thiophene rings is 1. The summed E-state index contributed by atoms with van der Waals surface area (Å²) in [6, 6.07) is 3.33. The molecule has 1 aliphatic rings. The van der Waals surface area contributed by atoms with Crippen LogP contribution in [0.1, 0.15) is 35.4 Å². The van der Waals surface area contributed by atoms with Crippen LogP contribution in [0.25, 0.3) is 0 Å². The number of nitrogens with zero attached hydrogens (tertiary/aromatic N) is 2. The molecule has 1 aromatic heterocycles. The summed E-state index contributed by atoms with van der Waals surface area (Å²) in [6.45, 7) is 0.684. The molecule has 1 saturated carbocycles. The van der Waals surface area contributed by atoms with E-state index in [1.807, 2.05) is 0 Å². The predicted molar refractivity (Wildman–Crippen MR) is 116 cm³/mol. The lowest BCUT2D eigenvalue weighted by molar-refractivity contribution is -0.126. The molecule has 8 nitrogen and oxygen atoms in total. The Balaban J connectivity index is 1.75. The molecule has 0 spiro atoms. The topological polar surface area (TPSA) is 108 Å². The molecule has 1 heterocycles. The highest BCUT2D eigenvalue weighted by molar-refractivity contribution is 7.89. The van der Waals surface area contributed by atoms with Gasteiger partial charge in [-0.3, -0.25) is 9.59 Å². The van der Waals surface area contributed by atoms with Crippen molar-refractivity contribution in [3.63, 3.8) is 0 Å². The van der Waals surface area contributed by atoms with E-state index in [9.17, 15) is 18.0 Å². The summed E-state index contributed by atoms with van der Waals surface area (Å²) in [5.74, 6) is 0.212. The van der Waals surface area contributed by atoms with Crippen LogP contribution in [0.3, 0.4) is 0 Å². The molecular weight excluding hydrogens is 436 g/mol. The summed E-state index contributed by atoms with van der Waals surface area (Å²) in [7, 11) is 0.0956. The van der Waals surface area contributed by atoms with Crippen LogP contribution in [-0.2, 0) is 14.8 Å². The molecule has 0 aliphatic heterocycles. The molecule has 0 aromatic carbocycles. The van der Waals surface area contributed by atoms with E-state index in [0.29, 0.717) is 53.8 Å². The summed E-state index contributed by atoms with van der Waals surface area (Å²) in [5, 5.41) is 5.60. The zero-order valence-corrected chi connectivity index (χ0v) is 19.2. The zero-order chi connectivity index (χ0) is 21.6. The second-order valence-corrected chi connectivity index (χ2v) is 10.6. The van der Waals surface area contributed by atoms with Crippen molar-refractivity contribution >= 4 is 50.6 Å². The SMILES string of the molecule is CN(C)C(=NS(C)(=O)=O)C1CCC(C(=O)NCCNC(=O)c2ccc(Cl)s2)CC1. The Bertz CT molecular complexity index is 859. The van der Waals surface area contributed by atoms with Gasteiger partial charge in [0.25, 0.3) is 15.9 Å². The minimum absolute atomic E-state index is 0.0284. The Morgan fingerprint density at radius 1 is 1.14 bits per heavy atom. The third kappa shape index (κ3) is 7.60. The fourth-order valence-corrected chi connectivity index (χ4v) is 4.95. The first-order valence-electron chi connectivity index (χ1n) is 9.35. The van der Waals surface area contributed by atoms with Gasteiger partial charge in [0.05, 0.1) is 15.5 Å². The van der Waals surface area contributed by atoms with Gasteiger partial charge in [-0.1, -0.05) is 11.6 Å². The third-order valence-corrected chi connectivity index (χ3v) is 6.44. The molecule has 2 rings (SSSR count). The highest BCUT2D eigenvalue weighted by Crippen LogP contribution is 2.30. The van der Waals surface area contributed by atoms with Gasteiger partial charge >= 0.3 is 0 Å². The van der Waals surface area contributed by atoms with Gasteiger partial charge in [0, 0.05) is 39.0 Å². The van der Waals surface area contributed by atoms with Crippen molar-refractivity contribution in [2.24, 2.45) is 16.2 Å². The maximum Gasteiger partial charge on any atom is 0.261 e. The number of halogens is 1. The first kappa shape index (κ1) is 23.6. The molecule has 1 aromatic rings. The van der Waals surface area contributed by atoms with Crippen molar-refractivity contribution in [1.82, 2.24) is 15.5 Å². The molecule has 0 unspecified atom stereocenters. The molecule has 2 amide bonds. The Kier molecular flexibility index (Phi) is 8.47. The molecule has 0 saturated heterocycles. The first-order valence-corrected chi connectivity index (χ1v) is 12.4. The average molecular weight is 463 g/mol. The fourth-order valence-electron chi connectivity index (χ4n) is 3.33. The van der Waals surface area contributed by atoms with Crippen LogP contribution >= 0.6 is 22.9 Å². The number of hydrogen-bond donors (Lipinski definition) is 2. The van der Waals surface area contributed by atoms with E-state index in [4.69, 9.17) is 11.6 Å². The summed E-state index contributed by atoms with van der Waals surface area (Å²) in [5.41, 5.74) is 0. The van der Waals surface area contributed by atoms with E-state index in [0.717, 1.165) is 6.26 Å². The van der Waals surface area contributed by atoms with Crippen LogP contribution in [0.4, 0.5) is 0 Å². The quantitative estimate of drug-likeness (QED) is 0.366. The lowest BCUT2D eigenvalue weighted by atomic mass is 9.80. The predicted octanol–water partition coefficient (Wildman–Crippen LogP) is 1.97. The highest BCUT2D eigenvalue weighted by Gasteiger charge is 2.30. The monoisotopic (exact) mass is 462 g/mol. The maximum atomic E-state index is 12.4. The number of carbonyl (C=O) groups excluding carboxylic acids is 2. The van der Waals surface area contributed by atoms with E-state index in [1.54, 1.807) is 31.1 Å². The summed E-state index contributed by atoms with van der Waals surface area (Å²) in [6.07, 6.45) is 3.85. The van der Waals surface area contributed by atoms with E-state index >= 15 is 0 Å². The molecule has 0 radical (unpaired) electrons. The van der Waals surface area contributed by atoms with Gasteiger partial charge in [-0.2, -0.15) is 4.40 Å². The van der Waals surface area contributed by atoms with E-state index in [1.165, 1.54) is 11.3 Å². The van der Waals surface area contributed by atoms with E-state index in [2.05, 4.69) is 15.0 Å². The Morgan fingerprint density at radius 3 is 2.24 bits per heavy atom. The Hall–Kier alpha value is -1.65. The standard InChI is InChI=1S/C18H27ClN4O4S2/c1-23(2)16(22-29(3,26)27)12-4-6-13(7-5-12)17(24)20-10-11-21-18(25)14-8-9-15(19)28-14/h8-9,12-13H,4-7,10-11H2,1-3H3,(H,20,24)(H,21,25). The first-order chi connectivity index (χ1) is 13.6. The number of amidine groups is 1. The van der Waals surface area contributed by atoms with E-state index in [-0.39, 0.29) is 23.7 Å². The second kappa shape index (κ2) is 10.4. The van der Waals surface area contributed by atoms with Crippen molar-refractivity contribution in [3.05, 3.63) is 21.3 Å². The van der Waals surface area contributed by atoms with Gasteiger partial charge in [0.15, 0.2) is 0 Å². The Morgan fingerprint density at radius 2 is 1.72 bits per heavy atom. The van der Waals surface area contributed by atoms with Crippen LogP contribution in [-0.4, -0.2) is 64.4 Å². The number of amides is 2. The Labute approximate surface area is 180 Å². The summed E-state index contributed by atoms with van der Waals surface area (Å²) < 4.78 is 27.5. The molecule has 1 fully saturated rings. The van der Waals surface area contributed by atoms with Crippen LogP contribution in [0.2, 0.25) is 4.34 Å². The van der Waals surface area contributed by atoms with Crippen molar-refractivity contribution in [2.45, 2.75) is 25.7 Å².